The first-order valence-corrected chi connectivity index (χ1v) is 6.12. The van der Waals surface area contributed by atoms with Crippen LogP contribution >= 0.6 is 0 Å². The molecule has 0 aromatic heterocycles. The first-order chi connectivity index (χ1) is 7.66. The Labute approximate surface area is 98.0 Å². The summed E-state index contributed by atoms with van der Waals surface area (Å²) in [7, 11) is 0. The van der Waals surface area contributed by atoms with Crippen molar-refractivity contribution in [3.8, 4) is 5.75 Å². The van der Waals surface area contributed by atoms with Crippen LogP contribution in [0, 0.1) is 20.8 Å². The molecule has 2 nitrogen and oxygen atoms in total. The molecule has 2 rings (SSSR count). The molecule has 88 valence electrons. The Morgan fingerprint density at radius 3 is 2.75 bits per heavy atom. The highest BCUT2D eigenvalue weighted by molar-refractivity contribution is 5.42. The lowest BCUT2D eigenvalue weighted by molar-refractivity contribution is 0.166. The van der Waals surface area contributed by atoms with E-state index in [0.29, 0.717) is 6.10 Å². The van der Waals surface area contributed by atoms with Crippen molar-refractivity contribution >= 4 is 0 Å². The minimum Gasteiger partial charge on any atom is -0.489 e. The average molecular weight is 219 g/mol. The smallest absolute Gasteiger partial charge is 0.123 e. The number of nitrogens with one attached hydrogen (secondary N) is 1. The van der Waals surface area contributed by atoms with Crippen molar-refractivity contribution in [3.63, 3.8) is 0 Å². The van der Waals surface area contributed by atoms with Crippen LogP contribution in [0.3, 0.4) is 0 Å². The highest BCUT2D eigenvalue weighted by atomic mass is 16.5. The third-order valence-electron chi connectivity index (χ3n) is 3.31. The van der Waals surface area contributed by atoms with Gasteiger partial charge in [0.1, 0.15) is 11.9 Å². The van der Waals surface area contributed by atoms with Crippen LogP contribution in [0.4, 0.5) is 0 Å². The van der Waals surface area contributed by atoms with Crippen molar-refractivity contribution in [1.29, 1.82) is 0 Å². The maximum atomic E-state index is 6.09. The molecule has 1 unspecified atom stereocenters. The normalized spacial score (nSPS) is 20.8. The molecule has 1 aliphatic heterocycles. The molecule has 0 radical (unpaired) electrons. The SMILES string of the molecule is Cc1cc(C)c(C)c(OC2CCCNC2)c1. The van der Waals surface area contributed by atoms with Gasteiger partial charge in [0.2, 0.25) is 0 Å². The second kappa shape index (κ2) is 4.88. The Morgan fingerprint density at radius 2 is 2.06 bits per heavy atom. The summed E-state index contributed by atoms with van der Waals surface area (Å²) in [6.45, 7) is 8.52. The number of ether oxygens (including phenoxy) is 1. The van der Waals surface area contributed by atoms with Crippen LogP contribution in [-0.2, 0) is 0 Å². The first kappa shape index (κ1) is 11.5. The van der Waals surface area contributed by atoms with Crippen LogP contribution in [0.15, 0.2) is 12.1 Å². The van der Waals surface area contributed by atoms with Crippen LogP contribution in [0.2, 0.25) is 0 Å². The summed E-state index contributed by atoms with van der Waals surface area (Å²) >= 11 is 0. The van der Waals surface area contributed by atoms with Gasteiger partial charge < -0.3 is 10.1 Å². The molecular formula is C14H21NO. The number of rotatable bonds is 2. The van der Waals surface area contributed by atoms with Crippen molar-refractivity contribution in [2.75, 3.05) is 13.1 Å². The predicted molar refractivity (Wildman–Crippen MR) is 67.2 cm³/mol. The van der Waals surface area contributed by atoms with E-state index in [1.807, 2.05) is 0 Å². The van der Waals surface area contributed by atoms with Crippen LogP contribution in [-0.4, -0.2) is 19.2 Å². The summed E-state index contributed by atoms with van der Waals surface area (Å²) in [4.78, 5) is 0. The van der Waals surface area contributed by atoms with Crippen LogP contribution in [0.25, 0.3) is 0 Å². The van der Waals surface area contributed by atoms with E-state index in [4.69, 9.17) is 4.74 Å². The van der Waals surface area contributed by atoms with E-state index in [1.54, 1.807) is 0 Å². The molecule has 1 saturated heterocycles. The van der Waals surface area contributed by atoms with Gasteiger partial charge in [-0.1, -0.05) is 6.07 Å². The van der Waals surface area contributed by atoms with Gasteiger partial charge in [0.25, 0.3) is 0 Å². The van der Waals surface area contributed by atoms with Crippen molar-refractivity contribution < 1.29 is 4.74 Å². The van der Waals surface area contributed by atoms with Gasteiger partial charge in [-0.25, -0.2) is 0 Å². The molecule has 0 bridgehead atoms. The van der Waals surface area contributed by atoms with Crippen molar-refractivity contribution in [2.24, 2.45) is 0 Å². The summed E-state index contributed by atoms with van der Waals surface area (Å²) in [6, 6.07) is 4.36. The lowest BCUT2D eigenvalue weighted by Crippen LogP contribution is -2.37. The zero-order valence-electron chi connectivity index (χ0n) is 10.5. The van der Waals surface area contributed by atoms with Crippen LogP contribution in [0.5, 0.6) is 5.75 Å². The average Bonchev–Trinajstić information content (AvgIpc) is 2.27. The molecule has 1 aliphatic rings. The fourth-order valence-corrected chi connectivity index (χ4v) is 2.22. The lowest BCUT2D eigenvalue weighted by atomic mass is 10.1. The molecule has 1 aromatic rings. The number of benzene rings is 1. The Hall–Kier alpha value is -1.02. The van der Waals surface area contributed by atoms with E-state index in [9.17, 15) is 0 Å². The van der Waals surface area contributed by atoms with E-state index >= 15 is 0 Å². The molecule has 1 N–H and O–H groups in total. The second-order valence-electron chi connectivity index (χ2n) is 4.79. The van der Waals surface area contributed by atoms with E-state index in [2.05, 4.69) is 38.2 Å². The van der Waals surface area contributed by atoms with Crippen LogP contribution < -0.4 is 10.1 Å². The predicted octanol–water partition coefficient (Wildman–Crippen LogP) is 2.74. The maximum Gasteiger partial charge on any atom is 0.123 e. The van der Waals surface area contributed by atoms with Gasteiger partial charge in [0.05, 0.1) is 0 Å². The first-order valence-electron chi connectivity index (χ1n) is 6.12. The van der Waals surface area contributed by atoms with Gasteiger partial charge in [0.15, 0.2) is 0 Å². The molecule has 1 fully saturated rings. The number of piperidine rings is 1. The maximum absolute atomic E-state index is 6.09. The van der Waals surface area contributed by atoms with E-state index in [1.165, 1.54) is 29.5 Å². The van der Waals surface area contributed by atoms with Crippen molar-refractivity contribution in [3.05, 3.63) is 28.8 Å². The summed E-state index contributed by atoms with van der Waals surface area (Å²) in [6.07, 6.45) is 2.72. The monoisotopic (exact) mass is 219 g/mol. The third kappa shape index (κ3) is 2.56. The zero-order valence-corrected chi connectivity index (χ0v) is 10.5. The molecule has 0 saturated carbocycles. The Kier molecular flexibility index (Phi) is 3.49. The fraction of sp³-hybridized carbons (Fsp3) is 0.571. The minimum absolute atomic E-state index is 0.341. The quantitative estimate of drug-likeness (QED) is 0.826. The highest BCUT2D eigenvalue weighted by Gasteiger charge is 2.15. The highest BCUT2D eigenvalue weighted by Crippen LogP contribution is 2.25. The molecule has 1 atom stereocenters. The summed E-state index contributed by atoms with van der Waals surface area (Å²) in [5.41, 5.74) is 3.87. The van der Waals surface area contributed by atoms with E-state index in [-0.39, 0.29) is 0 Å². The van der Waals surface area contributed by atoms with Gasteiger partial charge in [-0.05, 0) is 62.9 Å². The van der Waals surface area contributed by atoms with Crippen LogP contribution in [0.1, 0.15) is 29.5 Å². The van der Waals surface area contributed by atoms with Gasteiger partial charge in [-0.15, -0.1) is 0 Å². The number of aryl methyl sites for hydroxylation is 2. The van der Waals surface area contributed by atoms with Crippen molar-refractivity contribution in [2.45, 2.75) is 39.7 Å². The second-order valence-corrected chi connectivity index (χ2v) is 4.79. The molecular weight excluding hydrogens is 198 g/mol. The standard InChI is InChI=1S/C14H21NO/c1-10-7-11(2)12(3)14(8-10)16-13-5-4-6-15-9-13/h7-8,13,15H,4-6,9H2,1-3H3. The molecule has 2 heteroatoms. The molecule has 16 heavy (non-hydrogen) atoms. The minimum atomic E-state index is 0.341. The van der Waals surface area contributed by atoms with Gasteiger partial charge in [0, 0.05) is 6.54 Å². The topological polar surface area (TPSA) is 21.3 Å². The largest absolute Gasteiger partial charge is 0.489 e. The van der Waals surface area contributed by atoms with Gasteiger partial charge in [-0.3, -0.25) is 0 Å². The molecule has 0 aliphatic carbocycles. The summed E-state index contributed by atoms with van der Waals surface area (Å²) in [5, 5.41) is 3.38. The summed E-state index contributed by atoms with van der Waals surface area (Å²) < 4.78 is 6.09. The van der Waals surface area contributed by atoms with Gasteiger partial charge >= 0.3 is 0 Å². The fourth-order valence-electron chi connectivity index (χ4n) is 2.22. The molecule has 0 amide bonds. The molecule has 1 heterocycles. The van der Waals surface area contributed by atoms with E-state index < -0.39 is 0 Å². The molecule has 0 spiro atoms. The number of hydrogen-bond acceptors (Lipinski definition) is 2. The van der Waals surface area contributed by atoms with Gasteiger partial charge in [-0.2, -0.15) is 0 Å². The van der Waals surface area contributed by atoms with E-state index in [0.717, 1.165) is 18.8 Å². The summed E-state index contributed by atoms with van der Waals surface area (Å²) in [5.74, 6) is 1.06. The zero-order chi connectivity index (χ0) is 11.5. The number of hydrogen-bond donors (Lipinski definition) is 1. The Morgan fingerprint density at radius 1 is 1.25 bits per heavy atom. The lowest BCUT2D eigenvalue weighted by Gasteiger charge is -2.25. The van der Waals surface area contributed by atoms with Crippen molar-refractivity contribution in [1.82, 2.24) is 5.32 Å². The Bertz CT molecular complexity index is 367. The Balaban J connectivity index is 2.13. The molecule has 1 aromatic carbocycles. The third-order valence-corrected chi connectivity index (χ3v) is 3.31.